The van der Waals surface area contributed by atoms with Crippen molar-refractivity contribution in [2.24, 2.45) is 0 Å². The van der Waals surface area contributed by atoms with Crippen LogP contribution in [0.15, 0.2) is 45.7 Å². The van der Waals surface area contributed by atoms with Crippen LogP contribution in [0.2, 0.25) is 0 Å². The number of fused-ring (bicyclic) bond motifs is 1. The molecule has 1 aromatic carbocycles. The number of aryl methyl sites for hydroxylation is 1. The number of hydrogen-bond donors (Lipinski definition) is 1. The number of anilines is 1. The molecule has 7 heteroatoms. The number of rotatable bonds is 7. The molecule has 1 atom stereocenters. The van der Waals surface area contributed by atoms with Gasteiger partial charge in [0.1, 0.15) is 4.70 Å². The highest BCUT2D eigenvalue weighted by Crippen LogP contribution is 2.25. The summed E-state index contributed by atoms with van der Waals surface area (Å²) in [6, 6.07) is 9.68. The van der Waals surface area contributed by atoms with Crippen molar-refractivity contribution in [2.45, 2.75) is 44.8 Å². The standard InChI is InChI=1S/C20H23N3O2S2/c1-4-13(3)23-19(25)18-16(10-11-26-18)22-20(23)27-12-17(24)21-15-9-7-6-8-14(15)5-2/h6-11,13H,4-5,12H2,1-3H3,(H,21,24)/t13-/m1/s1. The van der Waals surface area contributed by atoms with Gasteiger partial charge in [0.2, 0.25) is 5.91 Å². The third-order valence-electron chi connectivity index (χ3n) is 4.52. The molecule has 2 aromatic heterocycles. The maximum Gasteiger partial charge on any atom is 0.272 e. The number of benzene rings is 1. The molecule has 27 heavy (non-hydrogen) atoms. The number of carbonyl (C=O) groups is 1. The smallest absolute Gasteiger partial charge is 0.272 e. The molecule has 142 valence electrons. The fraction of sp³-hybridized carbons (Fsp3) is 0.350. The van der Waals surface area contributed by atoms with Gasteiger partial charge in [-0.2, -0.15) is 0 Å². The maximum absolute atomic E-state index is 12.8. The first-order valence-electron chi connectivity index (χ1n) is 9.05. The molecule has 0 aliphatic rings. The molecule has 3 rings (SSSR count). The predicted octanol–water partition coefficient (Wildman–Crippen LogP) is 4.72. The molecule has 0 radical (unpaired) electrons. The number of amides is 1. The van der Waals surface area contributed by atoms with Crippen molar-refractivity contribution in [3.05, 3.63) is 51.6 Å². The first kappa shape index (κ1) is 19.6. The van der Waals surface area contributed by atoms with Gasteiger partial charge in [-0.3, -0.25) is 14.2 Å². The van der Waals surface area contributed by atoms with E-state index in [1.807, 2.05) is 49.6 Å². The second-order valence-electron chi connectivity index (χ2n) is 6.31. The van der Waals surface area contributed by atoms with E-state index in [1.165, 1.54) is 23.1 Å². The number of nitrogens with one attached hydrogen (secondary N) is 1. The molecular formula is C20H23N3O2S2. The molecule has 0 aliphatic carbocycles. The number of hydrogen-bond acceptors (Lipinski definition) is 5. The molecule has 1 N–H and O–H groups in total. The summed E-state index contributed by atoms with van der Waals surface area (Å²) in [5.74, 6) is 0.104. The van der Waals surface area contributed by atoms with Crippen molar-refractivity contribution in [3.63, 3.8) is 0 Å². The Balaban J connectivity index is 1.82. The SMILES string of the molecule is CCc1ccccc1NC(=O)CSc1nc2ccsc2c(=O)n1[C@H](C)CC. The summed E-state index contributed by atoms with van der Waals surface area (Å²) in [4.78, 5) is 29.9. The zero-order valence-corrected chi connectivity index (χ0v) is 17.3. The monoisotopic (exact) mass is 401 g/mol. The van der Waals surface area contributed by atoms with Crippen molar-refractivity contribution >= 4 is 44.9 Å². The molecule has 0 fully saturated rings. The van der Waals surface area contributed by atoms with Gasteiger partial charge in [-0.25, -0.2) is 4.98 Å². The molecule has 0 saturated heterocycles. The highest BCUT2D eigenvalue weighted by atomic mass is 32.2. The van der Waals surface area contributed by atoms with E-state index in [1.54, 1.807) is 4.57 Å². The quantitative estimate of drug-likeness (QED) is 0.459. The predicted molar refractivity (Wildman–Crippen MR) is 114 cm³/mol. The van der Waals surface area contributed by atoms with Crippen molar-refractivity contribution < 1.29 is 4.79 Å². The van der Waals surface area contributed by atoms with Crippen LogP contribution < -0.4 is 10.9 Å². The minimum Gasteiger partial charge on any atom is -0.325 e. The van der Waals surface area contributed by atoms with Crippen molar-refractivity contribution in [2.75, 3.05) is 11.1 Å². The number of para-hydroxylation sites is 1. The Morgan fingerprint density at radius 3 is 2.81 bits per heavy atom. The summed E-state index contributed by atoms with van der Waals surface area (Å²) in [6.45, 7) is 6.10. The van der Waals surface area contributed by atoms with Crippen LogP contribution >= 0.6 is 23.1 Å². The Kier molecular flexibility index (Phi) is 6.34. The Morgan fingerprint density at radius 2 is 2.07 bits per heavy atom. The molecule has 1 amide bonds. The van der Waals surface area contributed by atoms with Crippen LogP contribution in [-0.2, 0) is 11.2 Å². The Bertz CT molecular complexity index is 1010. The normalized spacial score (nSPS) is 12.3. The van der Waals surface area contributed by atoms with Gasteiger partial charge < -0.3 is 5.32 Å². The summed E-state index contributed by atoms with van der Waals surface area (Å²) in [5, 5.41) is 5.44. The summed E-state index contributed by atoms with van der Waals surface area (Å²) in [5.41, 5.74) is 2.61. The van der Waals surface area contributed by atoms with Gasteiger partial charge in [0.25, 0.3) is 5.56 Å². The third-order valence-corrected chi connectivity index (χ3v) is 6.36. The minimum absolute atomic E-state index is 0.0245. The van der Waals surface area contributed by atoms with E-state index < -0.39 is 0 Å². The highest BCUT2D eigenvalue weighted by molar-refractivity contribution is 7.99. The lowest BCUT2D eigenvalue weighted by Crippen LogP contribution is -2.26. The van der Waals surface area contributed by atoms with Crippen LogP contribution in [-0.4, -0.2) is 21.2 Å². The number of carbonyl (C=O) groups excluding carboxylic acids is 1. The fourth-order valence-corrected chi connectivity index (χ4v) is 4.51. The van der Waals surface area contributed by atoms with Gasteiger partial charge >= 0.3 is 0 Å². The molecule has 0 spiro atoms. The van der Waals surface area contributed by atoms with E-state index in [0.717, 1.165) is 24.1 Å². The van der Waals surface area contributed by atoms with Crippen LogP contribution in [0.3, 0.4) is 0 Å². The average Bonchev–Trinajstić information content (AvgIpc) is 3.15. The van der Waals surface area contributed by atoms with Crippen LogP contribution in [0.4, 0.5) is 5.69 Å². The molecule has 0 bridgehead atoms. The molecule has 3 aromatic rings. The second-order valence-corrected chi connectivity index (χ2v) is 8.17. The van der Waals surface area contributed by atoms with Crippen molar-refractivity contribution in [1.29, 1.82) is 0 Å². The molecular weight excluding hydrogens is 378 g/mol. The van der Waals surface area contributed by atoms with E-state index in [0.29, 0.717) is 15.4 Å². The maximum atomic E-state index is 12.8. The topological polar surface area (TPSA) is 64.0 Å². The second kappa shape index (κ2) is 8.71. The van der Waals surface area contributed by atoms with Crippen molar-refractivity contribution in [1.82, 2.24) is 9.55 Å². The summed E-state index contributed by atoms with van der Waals surface area (Å²) < 4.78 is 2.39. The summed E-state index contributed by atoms with van der Waals surface area (Å²) in [7, 11) is 0. The van der Waals surface area contributed by atoms with E-state index in [4.69, 9.17) is 0 Å². The van der Waals surface area contributed by atoms with Crippen LogP contribution in [0.25, 0.3) is 10.2 Å². The van der Waals surface area contributed by atoms with Gasteiger partial charge in [0, 0.05) is 11.7 Å². The third kappa shape index (κ3) is 4.25. The van der Waals surface area contributed by atoms with Gasteiger partial charge in [0.05, 0.1) is 11.3 Å². The van der Waals surface area contributed by atoms with Crippen LogP contribution in [0, 0.1) is 0 Å². The summed E-state index contributed by atoms with van der Waals surface area (Å²) >= 11 is 2.72. The molecule has 0 unspecified atom stereocenters. The zero-order chi connectivity index (χ0) is 19.4. The van der Waals surface area contributed by atoms with E-state index in [9.17, 15) is 9.59 Å². The zero-order valence-electron chi connectivity index (χ0n) is 15.7. The number of thioether (sulfide) groups is 1. The molecule has 5 nitrogen and oxygen atoms in total. The molecule has 0 saturated carbocycles. The van der Waals surface area contributed by atoms with Crippen molar-refractivity contribution in [3.8, 4) is 0 Å². The Morgan fingerprint density at radius 1 is 1.30 bits per heavy atom. The molecule has 0 aliphatic heterocycles. The Hall–Kier alpha value is -2.12. The van der Waals surface area contributed by atoms with Crippen LogP contribution in [0.1, 0.15) is 38.8 Å². The number of thiophene rings is 1. The number of nitrogens with zero attached hydrogens (tertiary/aromatic N) is 2. The first-order valence-corrected chi connectivity index (χ1v) is 10.9. The number of aromatic nitrogens is 2. The van der Waals surface area contributed by atoms with Gasteiger partial charge in [-0.15, -0.1) is 11.3 Å². The minimum atomic E-state index is -0.101. The lowest BCUT2D eigenvalue weighted by Gasteiger charge is -2.17. The van der Waals surface area contributed by atoms with Crippen LogP contribution in [0.5, 0.6) is 0 Å². The molecule has 2 heterocycles. The van der Waals surface area contributed by atoms with Gasteiger partial charge in [-0.1, -0.05) is 43.8 Å². The first-order chi connectivity index (χ1) is 13.0. The highest BCUT2D eigenvalue weighted by Gasteiger charge is 2.17. The van der Waals surface area contributed by atoms with E-state index in [-0.39, 0.29) is 23.3 Å². The largest absolute Gasteiger partial charge is 0.325 e. The summed E-state index contributed by atoms with van der Waals surface area (Å²) in [6.07, 6.45) is 1.68. The fourth-order valence-electron chi connectivity index (χ4n) is 2.84. The van der Waals surface area contributed by atoms with E-state index in [2.05, 4.69) is 17.2 Å². The lowest BCUT2D eigenvalue weighted by molar-refractivity contribution is -0.113. The lowest BCUT2D eigenvalue weighted by atomic mass is 10.1. The average molecular weight is 402 g/mol. The van der Waals surface area contributed by atoms with E-state index >= 15 is 0 Å². The van der Waals surface area contributed by atoms with Gasteiger partial charge in [0.15, 0.2) is 5.16 Å². The Labute approximate surface area is 166 Å². The van der Waals surface area contributed by atoms with Gasteiger partial charge in [-0.05, 0) is 42.8 Å².